The van der Waals surface area contributed by atoms with E-state index in [9.17, 15) is 14.4 Å². The Morgan fingerprint density at radius 3 is 2.23 bits per heavy atom. The quantitative estimate of drug-likeness (QED) is 0.113. The first-order chi connectivity index (χ1) is 23.5. The van der Waals surface area contributed by atoms with Crippen molar-refractivity contribution in [3.05, 3.63) is 131 Å². The Bertz CT molecular complexity index is 1880. The van der Waals surface area contributed by atoms with E-state index in [4.69, 9.17) is 9.84 Å². The molecule has 48 heavy (non-hydrogen) atoms. The maximum Gasteiger partial charge on any atom is 0.359 e. The zero-order chi connectivity index (χ0) is 34.0. The fourth-order valence-electron chi connectivity index (χ4n) is 6.16. The van der Waals surface area contributed by atoms with Crippen molar-refractivity contribution in [1.82, 2.24) is 14.7 Å². The molecule has 1 aliphatic rings. The first-order valence-electron chi connectivity index (χ1n) is 16.9. The number of rotatable bonds is 10. The predicted molar refractivity (Wildman–Crippen MR) is 191 cm³/mol. The first kappa shape index (κ1) is 34.0. The van der Waals surface area contributed by atoms with E-state index in [2.05, 4.69) is 25.1 Å². The number of carbonyl (C=O) groups excluding carboxylic acids is 3. The number of carbonyl (C=O) groups is 3. The molecule has 0 N–H and O–H groups in total. The average molecular weight is 642 g/mol. The molecule has 2 heterocycles. The molecule has 0 atom stereocenters. The van der Waals surface area contributed by atoms with Gasteiger partial charge in [0.2, 0.25) is 0 Å². The maximum atomic E-state index is 14.3. The van der Waals surface area contributed by atoms with Gasteiger partial charge >= 0.3 is 5.97 Å². The van der Waals surface area contributed by atoms with Crippen LogP contribution in [0.1, 0.15) is 88.6 Å². The molecule has 7 nitrogen and oxygen atoms in total. The third-order valence-corrected chi connectivity index (χ3v) is 8.53. The van der Waals surface area contributed by atoms with Crippen LogP contribution in [-0.2, 0) is 24.1 Å². The Morgan fingerprint density at radius 2 is 1.54 bits per heavy atom. The Hall–Kier alpha value is -5.30. The van der Waals surface area contributed by atoms with Gasteiger partial charge in [-0.25, -0.2) is 9.48 Å². The van der Waals surface area contributed by atoms with Gasteiger partial charge in [0.15, 0.2) is 5.69 Å². The van der Waals surface area contributed by atoms with E-state index in [1.165, 1.54) is 5.56 Å². The molecule has 0 aliphatic carbocycles. The van der Waals surface area contributed by atoms with Crippen LogP contribution in [0.3, 0.4) is 0 Å². The van der Waals surface area contributed by atoms with Gasteiger partial charge in [-0.15, -0.1) is 0 Å². The summed E-state index contributed by atoms with van der Waals surface area (Å²) >= 11 is 0. The van der Waals surface area contributed by atoms with Crippen molar-refractivity contribution in [3.63, 3.8) is 0 Å². The molecule has 0 bridgehead atoms. The van der Waals surface area contributed by atoms with Gasteiger partial charge in [0, 0.05) is 29.8 Å². The molecule has 1 aromatic heterocycles. The van der Waals surface area contributed by atoms with Gasteiger partial charge in [0.05, 0.1) is 18.0 Å². The van der Waals surface area contributed by atoms with Gasteiger partial charge in [-0.3, -0.25) is 9.59 Å². The molecule has 0 saturated carbocycles. The smallest absolute Gasteiger partial charge is 0.359 e. The Labute approximate surface area is 283 Å². The lowest BCUT2D eigenvalue weighted by Gasteiger charge is -2.29. The molecule has 246 valence electrons. The number of nitrogens with zero attached hydrogens (tertiary/aromatic N) is 3. The van der Waals surface area contributed by atoms with Crippen molar-refractivity contribution in [2.75, 3.05) is 13.2 Å². The molecular weight excluding hydrogens is 598 g/mol. The zero-order valence-electron chi connectivity index (χ0n) is 28.2. The van der Waals surface area contributed by atoms with Crippen molar-refractivity contribution in [2.45, 2.75) is 59.9 Å². The third-order valence-electron chi connectivity index (χ3n) is 8.53. The maximum absolute atomic E-state index is 14.3. The Kier molecular flexibility index (Phi) is 11.4. The van der Waals surface area contributed by atoms with Gasteiger partial charge in [-0.05, 0) is 72.2 Å². The number of hydrogen-bond acceptors (Lipinski definition) is 5. The molecule has 0 spiro atoms. The molecule has 4 aromatic carbocycles. The summed E-state index contributed by atoms with van der Waals surface area (Å²) in [4.78, 5) is 41.6. The standard InChI is InChI=1S/C39H37N3O4.C2H6/c1-3-5-15-35-36(33-21-16-27(26-43)24-34(33)38(44)41-23-22-29-13-9-10-14-31(29)25-41)37(39(45)46-4-2)40-42(35)32-19-17-30(18-20-32)28-11-7-6-8-12-28;1-2/h6-14,16-21,24,26H,3-5,15,22-23,25H2,1-2H3;1-2H3. The number of hydrogen-bond donors (Lipinski definition) is 0. The molecule has 7 heteroatoms. The van der Waals surface area contributed by atoms with Crippen LogP contribution in [0, 0.1) is 0 Å². The summed E-state index contributed by atoms with van der Waals surface area (Å²) in [6.45, 7) is 9.09. The number of fused-ring (bicyclic) bond motifs is 1. The van der Waals surface area contributed by atoms with Gasteiger partial charge in [-0.2, -0.15) is 5.10 Å². The molecule has 0 fully saturated rings. The summed E-state index contributed by atoms with van der Waals surface area (Å²) in [6, 6.07) is 31.5. The molecule has 5 aromatic rings. The number of unbranched alkanes of at least 4 members (excludes halogenated alkanes) is 1. The lowest BCUT2D eigenvalue weighted by atomic mass is 9.92. The number of benzene rings is 4. The minimum atomic E-state index is -0.556. The molecule has 6 rings (SSSR count). The van der Waals surface area contributed by atoms with E-state index in [0.29, 0.717) is 41.8 Å². The summed E-state index contributed by atoms with van der Waals surface area (Å²) in [5.74, 6) is -0.746. The molecule has 0 radical (unpaired) electrons. The van der Waals surface area contributed by atoms with Gasteiger partial charge in [0.25, 0.3) is 5.91 Å². The topological polar surface area (TPSA) is 81.5 Å². The molecule has 1 aliphatic heterocycles. The van der Waals surface area contributed by atoms with Crippen molar-refractivity contribution in [2.24, 2.45) is 0 Å². The average Bonchev–Trinajstić information content (AvgIpc) is 3.53. The van der Waals surface area contributed by atoms with Crippen molar-refractivity contribution < 1.29 is 19.1 Å². The zero-order valence-corrected chi connectivity index (χ0v) is 28.2. The lowest BCUT2D eigenvalue weighted by molar-refractivity contribution is 0.0519. The summed E-state index contributed by atoms with van der Waals surface area (Å²) in [6.07, 6.45) is 3.89. The van der Waals surface area contributed by atoms with Crippen LogP contribution < -0.4 is 0 Å². The monoisotopic (exact) mass is 641 g/mol. The third kappa shape index (κ3) is 7.15. The van der Waals surface area contributed by atoms with Crippen LogP contribution in [0.25, 0.3) is 27.9 Å². The van der Waals surface area contributed by atoms with Crippen LogP contribution in [-0.4, -0.2) is 46.0 Å². The molecule has 0 unspecified atom stereocenters. The second-order valence-corrected chi connectivity index (χ2v) is 11.5. The number of esters is 1. The van der Waals surface area contributed by atoms with Crippen molar-refractivity contribution in [1.29, 1.82) is 0 Å². The first-order valence-corrected chi connectivity index (χ1v) is 16.9. The van der Waals surface area contributed by atoms with Gasteiger partial charge < -0.3 is 9.64 Å². The van der Waals surface area contributed by atoms with E-state index < -0.39 is 5.97 Å². The van der Waals surface area contributed by atoms with Crippen molar-refractivity contribution >= 4 is 18.2 Å². The van der Waals surface area contributed by atoms with Crippen LogP contribution in [0.4, 0.5) is 0 Å². The largest absolute Gasteiger partial charge is 0.461 e. The highest BCUT2D eigenvalue weighted by atomic mass is 16.5. The minimum absolute atomic E-state index is 0.150. The predicted octanol–water partition coefficient (Wildman–Crippen LogP) is 8.76. The number of ether oxygens (including phenoxy) is 1. The summed E-state index contributed by atoms with van der Waals surface area (Å²) in [5.41, 5.74) is 8.17. The summed E-state index contributed by atoms with van der Waals surface area (Å²) in [7, 11) is 0. The Morgan fingerprint density at radius 1 is 0.854 bits per heavy atom. The number of aromatic nitrogens is 2. The highest BCUT2D eigenvalue weighted by molar-refractivity contribution is 6.06. The van der Waals surface area contributed by atoms with E-state index in [-0.39, 0.29) is 18.2 Å². The second-order valence-electron chi connectivity index (χ2n) is 11.5. The second kappa shape index (κ2) is 16.0. The number of aldehydes is 1. The van der Waals surface area contributed by atoms with Crippen LogP contribution in [0.2, 0.25) is 0 Å². The lowest BCUT2D eigenvalue weighted by Crippen LogP contribution is -2.36. The van der Waals surface area contributed by atoms with Gasteiger partial charge in [0.1, 0.15) is 6.29 Å². The fraction of sp³-hybridized carbons (Fsp3) is 0.268. The highest BCUT2D eigenvalue weighted by Crippen LogP contribution is 2.36. The minimum Gasteiger partial charge on any atom is -0.461 e. The molecule has 1 amide bonds. The summed E-state index contributed by atoms with van der Waals surface area (Å²) < 4.78 is 7.32. The van der Waals surface area contributed by atoms with Crippen LogP contribution in [0.5, 0.6) is 0 Å². The van der Waals surface area contributed by atoms with Crippen LogP contribution >= 0.6 is 0 Å². The van der Waals surface area contributed by atoms with E-state index >= 15 is 0 Å². The van der Waals surface area contributed by atoms with E-state index in [1.807, 2.05) is 84.1 Å². The van der Waals surface area contributed by atoms with Crippen molar-refractivity contribution in [3.8, 4) is 27.9 Å². The van der Waals surface area contributed by atoms with E-state index in [1.54, 1.807) is 25.1 Å². The summed E-state index contributed by atoms with van der Waals surface area (Å²) in [5, 5.41) is 4.86. The SMILES string of the molecule is CC.CCCCc1c(-c2ccc(C=O)cc2C(=O)N2CCc3ccccc3C2)c(C(=O)OCC)nn1-c1ccc(-c2ccccc2)cc1. The Balaban J connectivity index is 0.00000221. The molecular formula is C41H43N3O4. The van der Waals surface area contributed by atoms with Crippen LogP contribution in [0.15, 0.2) is 97.1 Å². The number of amides is 1. The normalized spacial score (nSPS) is 12.0. The highest BCUT2D eigenvalue weighted by Gasteiger charge is 2.31. The van der Waals surface area contributed by atoms with Gasteiger partial charge in [-0.1, -0.05) is 106 Å². The van der Waals surface area contributed by atoms with E-state index in [0.717, 1.165) is 53.6 Å². The molecule has 0 saturated heterocycles. The fourth-order valence-corrected chi connectivity index (χ4v) is 6.16.